The summed E-state index contributed by atoms with van der Waals surface area (Å²) < 4.78 is 42.3. The molecular weight excluding hydrogens is 327 g/mol. The monoisotopic (exact) mass is 339 g/mol. The summed E-state index contributed by atoms with van der Waals surface area (Å²) in [5.74, 6) is -1.91. The van der Waals surface area contributed by atoms with E-state index < -0.39 is 35.8 Å². The smallest absolute Gasteiger partial charge is 0.416 e. The summed E-state index contributed by atoms with van der Waals surface area (Å²) in [5.41, 5.74) is -3.43. The second kappa shape index (κ2) is 6.53. The molecular formula is C13H13ClF3NO4. The fraction of sp³-hybridized carbons (Fsp3) is 0.385. The number of hydrogen-bond acceptors (Lipinski definition) is 4. The minimum Gasteiger partial charge on any atom is -0.467 e. The first kappa shape index (κ1) is 18.2. The number of rotatable bonds is 4. The number of methoxy groups -OCH3 is 1. The number of halogens is 4. The SMILES string of the molecule is COC(=O)[C@@](C)(O)CNC(=O)c1cc(Cl)cc(C(F)(F)F)c1. The number of esters is 1. The predicted molar refractivity (Wildman–Crippen MR) is 71.4 cm³/mol. The molecule has 2 N–H and O–H groups in total. The van der Waals surface area contributed by atoms with Crippen LogP contribution in [0.1, 0.15) is 22.8 Å². The minimum atomic E-state index is -4.66. The number of alkyl halides is 3. The third-order valence-electron chi connectivity index (χ3n) is 2.71. The lowest BCUT2D eigenvalue weighted by molar-refractivity contribution is -0.159. The molecule has 0 radical (unpaired) electrons. The van der Waals surface area contributed by atoms with Crippen LogP contribution in [0.15, 0.2) is 18.2 Å². The Balaban J connectivity index is 2.91. The first-order valence-electron chi connectivity index (χ1n) is 5.94. The first-order chi connectivity index (χ1) is 9.97. The van der Waals surface area contributed by atoms with E-state index in [1.54, 1.807) is 0 Å². The van der Waals surface area contributed by atoms with Crippen LogP contribution >= 0.6 is 11.6 Å². The van der Waals surface area contributed by atoms with E-state index in [4.69, 9.17) is 11.6 Å². The molecule has 0 aliphatic rings. The van der Waals surface area contributed by atoms with Crippen LogP contribution in [0.3, 0.4) is 0 Å². The molecule has 122 valence electrons. The fourth-order valence-corrected chi connectivity index (χ4v) is 1.77. The van der Waals surface area contributed by atoms with Crippen molar-refractivity contribution >= 4 is 23.5 Å². The molecule has 0 bridgehead atoms. The van der Waals surface area contributed by atoms with Crippen LogP contribution in [0, 0.1) is 0 Å². The maximum absolute atomic E-state index is 12.6. The van der Waals surface area contributed by atoms with Gasteiger partial charge in [0.1, 0.15) is 0 Å². The van der Waals surface area contributed by atoms with Gasteiger partial charge in [-0.25, -0.2) is 4.79 Å². The molecule has 0 saturated carbocycles. The van der Waals surface area contributed by atoms with Gasteiger partial charge in [-0.1, -0.05) is 11.6 Å². The molecule has 5 nitrogen and oxygen atoms in total. The molecule has 0 aliphatic carbocycles. The van der Waals surface area contributed by atoms with Gasteiger partial charge in [-0.2, -0.15) is 13.2 Å². The van der Waals surface area contributed by atoms with Crippen molar-refractivity contribution in [3.8, 4) is 0 Å². The van der Waals surface area contributed by atoms with Crippen molar-refractivity contribution in [3.05, 3.63) is 34.3 Å². The lowest BCUT2D eigenvalue weighted by Gasteiger charge is -2.20. The van der Waals surface area contributed by atoms with Gasteiger partial charge in [0.2, 0.25) is 0 Å². The fourth-order valence-electron chi connectivity index (χ4n) is 1.53. The highest BCUT2D eigenvalue weighted by molar-refractivity contribution is 6.31. The Morgan fingerprint density at radius 2 is 1.91 bits per heavy atom. The number of amides is 1. The molecule has 1 aromatic carbocycles. The molecule has 1 aromatic rings. The van der Waals surface area contributed by atoms with Gasteiger partial charge in [0.05, 0.1) is 19.2 Å². The van der Waals surface area contributed by atoms with Crippen LogP contribution in [-0.2, 0) is 15.7 Å². The van der Waals surface area contributed by atoms with Crippen LogP contribution in [0.4, 0.5) is 13.2 Å². The van der Waals surface area contributed by atoms with E-state index in [0.717, 1.165) is 20.1 Å². The van der Waals surface area contributed by atoms with Crippen molar-refractivity contribution in [1.82, 2.24) is 5.32 Å². The van der Waals surface area contributed by atoms with Crippen molar-refractivity contribution < 1.29 is 32.6 Å². The van der Waals surface area contributed by atoms with Gasteiger partial charge < -0.3 is 15.2 Å². The Morgan fingerprint density at radius 3 is 2.41 bits per heavy atom. The zero-order valence-electron chi connectivity index (χ0n) is 11.6. The average Bonchev–Trinajstić information content (AvgIpc) is 2.42. The van der Waals surface area contributed by atoms with Crippen molar-refractivity contribution in [3.63, 3.8) is 0 Å². The van der Waals surface area contributed by atoms with Crippen LogP contribution in [-0.4, -0.2) is 36.2 Å². The standard InChI is InChI=1S/C13H13ClF3NO4/c1-12(21,11(20)22-2)6-18-10(19)7-3-8(13(15,16)17)5-9(14)4-7/h3-5,21H,6H2,1-2H3,(H,18,19)/t12-/m0/s1. The molecule has 0 aromatic heterocycles. The molecule has 0 fully saturated rings. The van der Waals surface area contributed by atoms with Gasteiger partial charge in [-0.05, 0) is 25.1 Å². The maximum atomic E-state index is 12.6. The zero-order chi connectivity index (χ0) is 17.1. The summed E-state index contributed by atoms with van der Waals surface area (Å²) in [6, 6.07) is 2.34. The summed E-state index contributed by atoms with van der Waals surface area (Å²) in [6.45, 7) is 0.560. The molecule has 0 aliphatic heterocycles. The molecule has 1 amide bonds. The first-order valence-corrected chi connectivity index (χ1v) is 6.32. The molecule has 1 rings (SSSR count). The summed E-state index contributed by atoms with van der Waals surface area (Å²) in [6.07, 6.45) is -4.66. The summed E-state index contributed by atoms with van der Waals surface area (Å²) in [7, 11) is 1.05. The summed E-state index contributed by atoms with van der Waals surface area (Å²) in [5, 5.41) is 11.6. The number of nitrogens with one attached hydrogen (secondary N) is 1. The summed E-state index contributed by atoms with van der Waals surface area (Å²) in [4.78, 5) is 23.1. The van der Waals surface area contributed by atoms with Crippen molar-refractivity contribution in [1.29, 1.82) is 0 Å². The number of carbonyl (C=O) groups is 2. The van der Waals surface area contributed by atoms with E-state index in [0.29, 0.717) is 12.1 Å². The number of aliphatic hydroxyl groups is 1. The van der Waals surface area contributed by atoms with Crippen LogP contribution < -0.4 is 5.32 Å². The Labute approximate surface area is 129 Å². The van der Waals surface area contributed by atoms with Gasteiger partial charge in [0.25, 0.3) is 5.91 Å². The maximum Gasteiger partial charge on any atom is 0.416 e. The van der Waals surface area contributed by atoms with Crippen molar-refractivity contribution in [2.75, 3.05) is 13.7 Å². The molecule has 0 heterocycles. The Morgan fingerprint density at radius 1 is 1.32 bits per heavy atom. The number of carbonyl (C=O) groups excluding carboxylic acids is 2. The van der Waals surface area contributed by atoms with E-state index in [-0.39, 0.29) is 10.6 Å². The normalized spacial score (nSPS) is 14.1. The Bertz CT molecular complexity index is 587. The van der Waals surface area contributed by atoms with Crippen molar-refractivity contribution in [2.45, 2.75) is 18.7 Å². The predicted octanol–water partition coefficient (Wildman–Crippen LogP) is 2.01. The van der Waals surface area contributed by atoms with Gasteiger partial charge in [0.15, 0.2) is 5.60 Å². The second-order valence-electron chi connectivity index (χ2n) is 4.67. The van der Waals surface area contributed by atoms with Gasteiger partial charge in [-0.15, -0.1) is 0 Å². The lowest BCUT2D eigenvalue weighted by atomic mass is 10.1. The zero-order valence-corrected chi connectivity index (χ0v) is 12.4. The number of hydrogen-bond donors (Lipinski definition) is 2. The molecule has 22 heavy (non-hydrogen) atoms. The molecule has 9 heteroatoms. The highest BCUT2D eigenvalue weighted by Crippen LogP contribution is 2.31. The largest absolute Gasteiger partial charge is 0.467 e. The van der Waals surface area contributed by atoms with E-state index in [9.17, 15) is 27.9 Å². The lowest BCUT2D eigenvalue weighted by Crippen LogP contribution is -2.47. The second-order valence-corrected chi connectivity index (χ2v) is 5.11. The quantitative estimate of drug-likeness (QED) is 0.823. The van der Waals surface area contributed by atoms with Crippen LogP contribution in [0.2, 0.25) is 5.02 Å². The molecule has 1 atom stereocenters. The molecule has 0 spiro atoms. The number of ether oxygens (including phenoxy) is 1. The van der Waals surface area contributed by atoms with Gasteiger partial charge in [-0.3, -0.25) is 4.79 Å². The van der Waals surface area contributed by atoms with E-state index >= 15 is 0 Å². The van der Waals surface area contributed by atoms with E-state index in [1.165, 1.54) is 0 Å². The highest BCUT2D eigenvalue weighted by atomic mass is 35.5. The highest BCUT2D eigenvalue weighted by Gasteiger charge is 2.33. The van der Waals surface area contributed by atoms with Crippen molar-refractivity contribution in [2.24, 2.45) is 0 Å². The third-order valence-corrected chi connectivity index (χ3v) is 2.92. The average molecular weight is 340 g/mol. The van der Waals surface area contributed by atoms with Crippen LogP contribution in [0.25, 0.3) is 0 Å². The summed E-state index contributed by atoms with van der Waals surface area (Å²) >= 11 is 5.56. The van der Waals surface area contributed by atoms with E-state index in [2.05, 4.69) is 10.1 Å². The van der Waals surface area contributed by atoms with E-state index in [1.807, 2.05) is 0 Å². The Kier molecular flexibility index (Phi) is 5.42. The third kappa shape index (κ3) is 4.60. The Hall–Kier alpha value is -1.80. The molecule has 0 saturated heterocycles. The number of benzene rings is 1. The van der Waals surface area contributed by atoms with Crippen LogP contribution in [0.5, 0.6) is 0 Å². The molecule has 0 unspecified atom stereocenters. The minimum absolute atomic E-state index is 0.264. The van der Waals surface area contributed by atoms with Gasteiger partial charge >= 0.3 is 12.1 Å². The topological polar surface area (TPSA) is 75.6 Å². The van der Waals surface area contributed by atoms with Gasteiger partial charge in [0, 0.05) is 10.6 Å².